The van der Waals surface area contributed by atoms with Crippen LogP contribution in [0.5, 0.6) is 17.2 Å². The second kappa shape index (κ2) is 14.5. The molecule has 0 spiro atoms. The second-order valence-corrected chi connectivity index (χ2v) is 11.3. The quantitative estimate of drug-likeness (QED) is 0.321. The van der Waals surface area contributed by atoms with Crippen LogP contribution in [0.1, 0.15) is 30.5 Å². The van der Waals surface area contributed by atoms with E-state index in [1.807, 2.05) is 71.6 Å². The maximum Gasteiger partial charge on any atom is 0.253 e. The number of carbonyl (C=O) groups excluding carboxylic acids is 1. The van der Waals surface area contributed by atoms with E-state index in [0.717, 1.165) is 29.0 Å². The Balaban J connectivity index is 1.21. The van der Waals surface area contributed by atoms with Crippen LogP contribution in [0.4, 0.5) is 0 Å². The van der Waals surface area contributed by atoms with Gasteiger partial charge in [0.05, 0.1) is 20.3 Å². The highest BCUT2D eigenvalue weighted by Gasteiger charge is 2.31. The van der Waals surface area contributed by atoms with Gasteiger partial charge < -0.3 is 28.6 Å². The van der Waals surface area contributed by atoms with Gasteiger partial charge in [-0.25, -0.2) is 0 Å². The molecule has 0 saturated carbocycles. The number of carbonyl (C=O) groups is 1. The van der Waals surface area contributed by atoms with E-state index in [1.165, 1.54) is 0 Å². The molecule has 2 heterocycles. The van der Waals surface area contributed by atoms with Crippen LogP contribution in [0.15, 0.2) is 72.8 Å². The highest BCUT2D eigenvalue weighted by atomic mass is 16.6. The van der Waals surface area contributed by atoms with Gasteiger partial charge in [-0.3, -0.25) is 9.69 Å². The molecule has 0 N–H and O–H groups in total. The molecule has 1 unspecified atom stereocenters. The van der Waals surface area contributed by atoms with Crippen LogP contribution >= 0.6 is 0 Å². The van der Waals surface area contributed by atoms with Crippen molar-refractivity contribution in [1.29, 1.82) is 0 Å². The summed E-state index contributed by atoms with van der Waals surface area (Å²) in [6.45, 7) is 9.20. The maximum atomic E-state index is 13.8. The highest BCUT2D eigenvalue weighted by Crippen LogP contribution is 2.32. The molecule has 2 atom stereocenters. The average molecular weight is 575 g/mol. The first-order chi connectivity index (χ1) is 20.5. The van der Waals surface area contributed by atoms with Gasteiger partial charge in [0, 0.05) is 38.3 Å². The zero-order valence-corrected chi connectivity index (χ0v) is 24.9. The van der Waals surface area contributed by atoms with Crippen LogP contribution in [-0.4, -0.2) is 74.5 Å². The first-order valence-corrected chi connectivity index (χ1v) is 14.8. The van der Waals surface area contributed by atoms with E-state index < -0.39 is 6.10 Å². The van der Waals surface area contributed by atoms with E-state index in [1.54, 1.807) is 7.11 Å². The molecule has 3 aromatic carbocycles. The predicted molar refractivity (Wildman–Crippen MR) is 161 cm³/mol. The number of amides is 1. The van der Waals surface area contributed by atoms with Gasteiger partial charge in [-0.15, -0.1) is 0 Å². The molecular weight excluding hydrogens is 532 g/mol. The van der Waals surface area contributed by atoms with Gasteiger partial charge in [0.2, 0.25) is 0 Å². The molecule has 8 heteroatoms. The van der Waals surface area contributed by atoms with Crippen LogP contribution in [0.2, 0.25) is 0 Å². The van der Waals surface area contributed by atoms with E-state index in [0.29, 0.717) is 70.0 Å². The Morgan fingerprint density at radius 2 is 1.74 bits per heavy atom. The molecule has 1 saturated heterocycles. The highest BCUT2D eigenvalue weighted by molar-refractivity contribution is 5.81. The van der Waals surface area contributed by atoms with E-state index in [-0.39, 0.29) is 12.0 Å². The lowest BCUT2D eigenvalue weighted by atomic mass is 10.1. The minimum absolute atomic E-state index is 0.00918. The molecule has 1 fully saturated rings. The summed E-state index contributed by atoms with van der Waals surface area (Å²) in [5.74, 6) is 2.54. The van der Waals surface area contributed by atoms with E-state index in [9.17, 15) is 4.79 Å². The first kappa shape index (κ1) is 29.9. The molecule has 0 aliphatic carbocycles. The van der Waals surface area contributed by atoms with Crippen molar-refractivity contribution in [2.45, 2.75) is 45.8 Å². The fourth-order valence-electron chi connectivity index (χ4n) is 5.35. The van der Waals surface area contributed by atoms with Crippen LogP contribution in [0.25, 0.3) is 0 Å². The molecule has 42 heavy (non-hydrogen) atoms. The van der Waals surface area contributed by atoms with E-state index in [2.05, 4.69) is 24.8 Å². The number of morpholine rings is 1. The zero-order chi connectivity index (χ0) is 29.3. The summed E-state index contributed by atoms with van der Waals surface area (Å²) in [4.78, 5) is 18.0. The minimum Gasteiger partial charge on any atom is -0.496 e. The summed E-state index contributed by atoms with van der Waals surface area (Å²) in [7, 11) is 1.69. The normalized spacial score (nSPS) is 18.9. The van der Waals surface area contributed by atoms with E-state index >= 15 is 0 Å². The van der Waals surface area contributed by atoms with Crippen LogP contribution in [-0.2, 0) is 34.0 Å². The standard InChI is InChI=1S/C34H42N2O6/c1-25(2)18-36(34(37)33-21-35(15-16-39-33)20-28-11-7-8-12-30(28)38-3)19-27-13-14-31-32(17-27)42-24-29(23-41-31)40-22-26-9-5-4-6-10-26/h4-14,17,25,29,33H,15-16,18-24H2,1-3H3/t29?,33-/m1/s1. The van der Waals surface area contributed by atoms with Crippen molar-refractivity contribution in [3.8, 4) is 17.2 Å². The Kier molecular flexibility index (Phi) is 10.3. The fraction of sp³-hybridized carbons (Fsp3) is 0.441. The number of benzene rings is 3. The van der Waals surface area contributed by atoms with Gasteiger partial charge in [0.25, 0.3) is 5.91 Å². The summed E-state index contributed by atoms with van der Waals surface area (Å²) in [5.41, 5.74) is 3.20. The van der Waals surface area contributed by atoms with Crippen molar-refractivity contribution in [2.75, 3.05) is 46.6 Å². The molecule has 0 bridgehead atoms. The largest absolute Gasteiger partial charge is 0.496 e. The topological polar surface area (TPSA) is 69.7 Å². The van der Waals surface area contributed by atoms with Crippen molar-refractivity contribution in [3.63, 3.8) is 0 Å². The Morgan fingerprint density at radius 3 is 2.52 bits per heavy atom. The van der Waals surface area contributed by atoms with E-state index in [4.69, 9.17) is 23.7 Å². The van der Waals surface area contributed by atoms with Gasteiger partial charge >= 0.3 is 0 Å². The maximum absolute atomic E-state index is 13.8. The Bertz CT molecular complexity index is 1300. The number of hydrogen-bond donors (Lipinski definition) is 0. The van der Waals surface area contributed by atoms with Gasteiger partial charge in [0.1, 0.15) is 31.2 Å². The summed E-state index contributed by atoms with van der Waals surface area (Å²) < 4.78 is 29.8. The summed E-state index contributed by atoms with van der Waals surface area (Å²) in [6.07, 6.45) is -0.697. The second-order valence-electron chi connectivity index (χ2n) is 11.3. The lowest BCUT2D eigenvalue weighted by molar-refractivity contribution is -0.151. The Labute approximate surface area is 249 Å². The summed E-state index contributed by atoms with van der Waals surface area (Å²) >= 11 is 0. The van der Waals surface area contributed by atoms with Crippen molar-refractivity contribution in [3.05, 3.63) is 89.5 Å². The Morgan fingerprint density at radius 1 is 0.976 bits per heavy atom. The molecule has 224 valence electrons. The van der Waals surface area contributed by atoms with Crippen molar-refractivity contribution >= 4 is 5.91 Å². The third-order valence-corrected chi connectivity index (χ3v) is 7.47. The minimum atomic E-state index is -0.518. The lowest BCUT2D eigenvalue weighted by Crippen LogP contribution is -2.51. The number of rotatable bonds is 11. The third kappa shape index (κ3) is 8.03. The molecule has 0 radical (unpaired) electrons. The number of nitrogens with zero attached hydrogens (tertiary/aromatic N) is 2. The molecule has 1 amide bonds. The molecular formula is C34H42N2O6. The molecule has 0 aromatic heterocycles. The third-order valence-electron chi connectivity index (χ3n) is 7.47. The molecule has 5 rings (SSSR count). The number of hydrogen-bond acceptors (Lipinski definition) is 7. The van der Waals surface area contributed by atoms with Crippen LogP contribution in [0.3, 0.4) is 0 Å². The van der Waals surface area contributed by atoms with Gasteiger partial charge in [-0.1, -0.05) is 68.4 Å². The summed E-state index contributed by atoms with van der Waals surface area (Å²) in [6, 6.07) is 24.0. The monoisotopic (exact) mass is 574 g/mol. The molecule has 3 aromatic rings. The average Bonchev–Trinajstić information content (AvgIpc) is 3.22. The summed E-state index contributed by atoms with van der Waals surface area (Å²) in [5, 5.41) is 0. The zero-order valence-electron chi connectivity index (χ0n) is 24.9. The van der Waals surface area contributed by atoms with Crippen LogP contribution in [0, 0.1) is 5.92 Å². The van der Waals surface area contributed by atoms with Gasteiger partial charge in [-0.2, -0.15) is 0 Å². The number of fused-ring (bicyclic) bond motifs is 1. The Hall–Kier alpha value is -3.59. The van der Waals surface area contributed by atoms with Crippen LogP contribution < -0.4 is 14.2 Å². The first-order valence-electron chi connectivity index (χ1n) is 14.8. The number of methoxy groups -OCH3 is 1. The molecule has 2 aliphatic heterocycles. The molecule has 2 aliphatic rings. The molecule has 8 nitrogen and oxygen atoms in total. The fourth-order valence-corrected chi connectivity index (χ4v) is 5.35. The SMILES string of the molecule is COc1ccccc1CN1CCO[C@@H](C(=O)N(Cc2ccc3c(c2)OCC(OCc2ccccc2)CO3)CC(C)C)C1. The van der Waals surface area contributed by atoms with Crippen molar-refractivity contribution in [2.24, 2.45) is 5.92 Å². The van der Waals surface area contributed by atoms with Gasteiger partial charge in [-0.05, 0) is 35.2 Å². The predicted octanol–water partition coefficient (Wildman–Crippen LogP) is 4.94. The lowest BCUT2D eigenvalue weighted by Gasteiger charge is -2.35. The van der Waals surface area contributed by atoms with Crippen molar-refractivity contribution < 1.29 is 28.5 Å². The van der Waals surface area contributed by atoms with Gasteiger partial charge in [0.15, 0.2) is 11.5 Å². The number of ether oxygens (including phenoxy) is 5. The number of para-hydroxylation sites is 1. The van der Waals surface area contributed by atoms with Crippen molar-refractivity contribution in [1.82, 2.24) is 9.80 Å². The smallest absolute Gasteiger partial charge is 0.253 e.